The van der Waals surface area contributed by atoms with Crippen molar-refractivity contribution < 1.29 is 4.79 Å². The van der Waals surface area contributed by atoms with Crippen LogP contribution in [0.1, 0.15) is 39.5 Å². The quantitative estimate of drug-likeness (QED) is 0.820. The minimum absolute atomic E-state index is 0.300. The minimum Gasteiger partial charge on any atom is -0.377 e. The first kappa shape index (κ1) is 12.0. The maximum atomic E-state index is 11.1. The van der Waals surface area contributed by atoms with Gasteiger partial charge in [0.15, 0.2) is 6.29 Å². The van der Waals surface area contributed by atoms with E-state index in [0.717, 1.165) is 30.4 Å². The Morgan fingerprint density at radius 3 is 2.68 bits per heavy atom. The first-order valence-corrected chi connectivity index (χ1v) is 6.68. The van der Waals surface area contributed by atoms with Gasteiger partial charge in [-0.25, -0.2) is 0 Å². The molecule has 0 fully saturated rings. The molecule has 1 heterocycles. The number of carbonyl (C=O) groups excluding carboxylic acids is 1. The molecule has 0 aromatic heterocycles. The van der Waals surface area contributed by atoms with Crippen molar-refractivity contribution in [2.75, 3.05) is 5.32 Å². The molecule has 1 N–H and O–H groups in total. The van der Waals surface area contributed by atoms with E-state index in [-0.39, 0.29) is 0 Å². The molecule has 2 heteroatoms. The van der Waals surface area contributed by atoms with Gasteiger partial charge in [-0.1, -0.05) is 42.0 Å². The Morgan fingerprint density at radius 2 is 1.95 bits per heavy atom. The maximum absolute atomic E-state index is 11.1. The molecule has 96 valence electrons. The number of anilines is 1. The van der Waals surface area contributed by atoms with Crippen LogP contribution in [-0.2, 0) is 6.42 Å². The van der Waals surface area contributed by atoms with E-state index in [2.05, 4.69) is 42.6 Å². The number of carbonyl (C=O) groups is 1. The summed E-state index contributed by atoms with van der Waals surface area (Å²) in [6, 6.07) is 14.8. The van der Waals surface area contributed by atoms with Crippen molar-refractivity contribution in [3.8, 4) is 0 Å². The van der Waals surface area contributed by atoms with E-state index in [1.165, 1.54) is 16.7 Å². The second-order valence-electron chi connectivity index (χ2n) is 5.15. The van der Waals surface area contributed by atoms with Gasteiger partial charge in [0.1, 0.15) is 0 Å². The van der Waals surface area contributed by atoms with E-state index in [1.807, 2.05) is 12.1 Å². The number of benzene rings is 2. The van der Waals surface area contributed by atoms with Crippen molar-refractivity contribution in [2.45, 2.75) is 25.8 Å². The van der Waals surface area contributed by atoms with Crippen LogP contribution in [0.2, 0.25) is 0 Å². The SMILES string of the molecule is Cc1ccc(C2CCc3cccc(C=O)c3N2)cc1. The van der Waals surface area contributed by atoms with E-state index in [9.17, 15) is 4.79 Å². The summed E-state index contributed by atoms with van der Waals surface area (Å²) in [7, 11) is 0. The van der Waals surface area contributed by atoms with E-state index in [0.29, 0.717) is 6.04 Å². The summed E-state index contributed by atoms with van der Waals surface area (Å²) in [5.74, 6) is 0. The molecule has 3 rings (SSSR count). The molecule has 1 aliphatic heterocycles. The lowest BCUT2D eigenvalue weighted by atomic mass is 9.91. The van der Waals surface area contributed by atoms with Gasteiger partial charge in [-0.15, -0.1) is 0 Å². The monoisotopic (exact) mass is 251 g/mol. The topological polar surface area (TPSA) is 29.1 Å². The van der Waals surface area contributed by atoms with Gasteiger partial charge in [0.2, 0.25) is 0 Å². The molecular formula is C17H17NO. The van der Waals surface area contributed by atoms with Crippen LogP contribution in [0.3, 0.4) is 0 Å². The van der Waals surface area contributed by atoms with Crippen molar-refractivity contribution in [1.82, 2.24) is 0 Å². The van der Waals surface area contributed by atoms with Crippen LogP contribution in [0, 0.1) is 6.92 Å². The predicted octanol–water partition coefficient (Wildman–Crippen LogP) is 3.91. The number of aryl methyl sites for hydroxylation is 2. The molecule has 0 saturated carbocycles. The highest BCUT2D eigenvalue weighted by Crippen LogP contribution is 2.34. The Bertz CT molecular complexity index is 601. The Labute approximate surface area is 113 Å². The predicted molar refractivity (Wildman–Crippen MR) is 77.7 cm³/mol. The van der Waals surface area contributed by atoms with Crippen LogP contribution in [-0.4, -0.2) is 6.29 Å². The van der Waals surface area contributed by atoms with Crippen LogP contribution in [0.15, 0.2) is 42.5 Å². The summed E-state index contributed by atoms with van der Waals surface area (Å²) in [5, 5.41) is 3.52. The smallest absolute Gasteiger partial charge is 0.152 e. The number of fused-ring (bicyclic) bond motifs is 1. The number of nitrogens with one attached hydrogen (secondary N) is 1. The van der Waals surface area contributed by atoms with Gasteiger partial charge in [-0.3, -0.25) is 4.79 Å². The Morgan fingerprint density at radius 1 is 1.16 bits per heavy atom. The normalized spacial score (nSPS) is 17.4. The third-order valence-electron chi connectivity index (χ3n) is 3.81. The summed E-state index contributed by atoms with van der Waals surface area (Å²) < 4.78 is 0. The summed E-state index contributed by atoms with van der Waals surface area (Å²) in [6.45, 7) is 2.10. The van der Waals surface area contributed by atoms with E-state index in [1.54, 1.807) is 0 Å². The fourth-order valence-corrected chi connectivity index (χ4v) is 2.70. The zero-order valence-corrected chi connectivity index (χ0v) is 11.0. The zero-order chi connectivity index (χ0) is 13.2. The molecule has 2 nitrogen and oxygen atoms in total. The van der Waals surface area contributed by atoms with Crippen LogP contribution in [0.5, 0.6) is 0 Å². The van der Waals surface area contributed by atoms with Crippen molar-refractivity contribution in [2.24, 2.45) is 0 Å². The van der Waals surface area contributed by atoms with Crippen molar-refractivity contribution >= 4 is 12.0 Å². The number of rotatable bonds is 2. The van der Waals surface area contributed by atoms with Gasteiger partial charge in [0.25, 0.3) is 0 Å². The lowest BCUT2D eigenvalue weighted by molar-refractivity contribution is 0.112. The van der Waals surface area contributed by atoms with Gasteiger partial charge in [-0.2, -0.15) is 0 Å². The molecule has 0 radical (unpaired) electrons. The first-order chi connectivity index (χ1) is 9.28. The number of hydrogen-bond acceptors (Lipinski definition) is 2. The fraction of sp³-hybridized carbons (Fsp3) is 0.235. The second kappa shape index (κ2) is 4.88. The van der Waals surface area contributed by atoms with Crippen LogP contribution in [0.4, 0.5) is 5.69 Å². The molecule has 19 heavy (non-hydrogen) atoms. The molecule has 0 amide bonds. The van der Waals surface area contributed by atoms with Crippen molar-refractivity contribution in [1.29, 1.82) is 0 Å². The number of hydrogen-bond donors (Lipinski definition) is 1. The molecular weight excluding hydrogens is 234 g/mol. The van der Waals surface area contributed by atoms with E-state index < -0.39 is 0 Å². The first-order valence-electron chi connectivity index (χ1n) is 6.68. The van der Waals surface area contributed by atoms with Gasteiger partial charge < -0.3 is 5.32 Å². The number of aldehydes is 1. The summed E-state index contributed by atoms with van der Waals surface area (Å²) in [6.07, 6.45) is 3.02. The molecule has 0 aliphatic carbocycles. The molecule has 1 atom stereocenters. The minimum atomic E-state index is 0.300. The lowest BCUT2D eigenvalue weighted by Crippen LogP contribution is -2.19. The van der Waals surface area contributed by atoms with Crippen LogP contribution >= 0.6 is 0 Å². The third kappa shape index (κ3) is 2.26. The van der Waals surface area contributed by atoms with Gasteiger partial charge >= 0.3 is 0 Å². The van der Waals surface area contributed by atoms with E-state index >= 15 is 0 Å². The summed E-state index contributed by atoms with van der Waals surface area (Å²) in [4.78, 5) is 11.1. The molecule has 2 aromatic carbocycles. The zero-order valence-electron chi connectivity index (χ0n) is 11.0. The largest absolute Gasteiger partial charge is 0.377 e. The molecule has 0 spiro atoms. The standard InChI is InChI=1S/C17H17NO/c1-12-5-7-13(8-6-12)16-10-9-14-3-2-4-15(11-19)17(14)18-16/h2-8,11,16,18H,9-10H2,1H3. The molecule has 0 saturated heterocycles. The summed E-state index contributed by atoms with van der Waals surface area (Å²) >= 11 is 0. The fourth-order valence-electron chi connectivity index (χ4n) is 2.70. The highest BCUT2D eigenvalue weighted by molar-refractivity contribution is 5.86. The van der Waals surface area contributed by atoms with Crippen molar-refractivity contribution in [3.05, 3.63) is 64.7 Å². The third-order valence-corrected chi connectivity index (χ3v) is 3.81. The van der Waals surface area contributed by atoms with Crippen LogP contribution in [0.25, 0.3) is 0 Å². The van der Waals surface area contributed by atoms with Gasteiger partial charge in [-0.05, 0) is 37.0 Å². The summed E-state index contributed by atoms with van der Waals surface area (Å²) in [5.41, 5.74) is 5.57. The van der Waals surface area contributed by atoms with Crippen molar-refractivity contribution in [3.63, 3.8) is 0 Å². The Kier molecular flexibility index (Phi) is 3.08. The molecule has 2 aromatic rings. The van der Waals surface area contributed by atoms with Gasteiger partial charge in [0, 0.05) is 11.3 Å². The molecule has 1 unspecified atom stereocenters. The van der Waals surface area contributed by atoms with E-state index in [4.69, 9.17) is 0 Å². The average molecular weight is 251 g/mol. The number of para-hydroxylation sites is 1. The molecule has 0 bridgehead atoms. The average Bonchev–Trinajstić information content (AvgIpc) is 2.47. The Hall–Kier alpha value is -2.09. The second-order valence-corrected chi connectivity index (χ2v) is 5.15. The Balaban J connectivity index is 1.93. The van der Waals surface area contributed by atoms with Gasteiger partial charge in [0.05, 0.1) is 6.04 Å². The van der Waals surface area contributed by atoms with Crippen LogP contribution < -0.4 is 5.32 Å². The highest BCUT2D eigenvalue weighted by atomic mass is 16.1. The highest BCUT2D eigenvalue weighted by Gasteiger charge is 2.20. The maximum Gasteiger partial charge on any atom is 0.152 e. The lowest BCUT2D eigenvalue weighted by Gasteiger charge is -2.28. The molecule has 1 aliphatic rings.